The molecule has 2 rings (SSSR count). The number of anilines is 1. The summed E-state index contributed by atoms with van der Waals surface area (Å²) >= 11 is 0. The lowest BCUT2D eigenvalue weighted by molar-refractivity contribution is -0.384. The summed E-state index contributed by atoms with van der Waals surface area (Å²) in [6.45, 7) is 1.97. The maximum Gasteiger partial charge on any atom is 0.294 e. The predicted octanol–water partition coefficient (Wildman–Crippen LogP) is 3.35. The molecule has 0 spiro atoms. The molecule has 0 atom stereocenters. The summed E-state index contributed by atoms with van der Waals surface area (Å²) in [6, 6.07) is 13.2. The molecule has 6 nitrogen and oxygen atoms in total. The molecule has 21 heavy (non-hydrogen) atoms. The van der Waals surface area contributed by atoms with Crippen molar-refractivity contribution in [2.75, 3.05) is 11.9 Å². The first kappa shape index (κ1) is 14.5. The van der Waals surface area contributed by atoms with Crippen molar-refractivity contribution in [1.82, 2.24) is 0 Å². The zero-order chi connectivity index (χ0) is 15.4. The van der Waals surface area contributed by atoms with E-state index in [1.54, 1.807) is 31.3 Å². The fourth-order valence-electron chi connectivity index (χ4n) is 1.70. The average molecular weight is 285 g/mol. The van der Waals surface area contributed by atoms with Gasteiger partial charge in [0.1, 0.15) is 5.75 Å². The molecule has 0 aliphatic heterocycles. The van der Waals surface area contributed by atoms with Gasteiger partial charge in [0.15, 0.2) is 0 Å². The van der Waals surface area contributed by atoms with Gasteiger partial charge in [-0.15, -0.1) is 0 Å². The van der Waals surface area contributed by atoms with E-state index < -0.39 is 4.92 Å². The zero-order valence-corrected chi connectivity index (χ0v) is 11.7. The van der Waals surface area contributed by atoms with Gasteiger partial charge in [0.25, 0.3) is 11.7 Å². The molecule has 2 aromatic rings. The summed E-state index contributed by atoms with van der Waals surface area (Å²) in [6.07, 6.45) is 0. The van der Waals surface area contributed by atoms with Gasteiger partial charge in [0, 0.05) is 24.9 Å². The molecule has 0 heterocycles. The van der Waals surface area contributed by atoms with Crippen molar-refractivity contribution < 1.29 is 9.66 Å². The molecule has 0 saturated heterocycles. The van der Waals surface area contributed by atoms with Crippen LogP contribution in [0.2, 0.25) is 0 Å². The third kappa shape index (κ3) is 3.56. The number of hydrogen-bond acceptors (Lipinski definition) is 4. The molecule has 0 bridgehead atoms. The number of non-ortho nitro benzene ring substituents is 1. The molecule has 0 unspecified atom stereocenters. The number of nitro benzene ring substituents is 1. The zero-order valence-electron chi connectivity index (χ0n) is 11.7. The van der Waals surface area contributed by atoms with Crippen LogP contribution in [0.15, 0.2) is 48.5 Å². The molecule has 0 saturated carbocycles. The van der Waals surface area contributed by atoms with E-state index in [1.807, 2.05) is 19.1 Å². The van der Waals surface area contributed by atoms with Crippen LogP contribution in [-0.2, 0) is 0 Å². The molecular weight excluding hydrogens is 270 g/mol. The summed E-state index contributed by atoms with van der Waals surface area (Å²) in [7, 11) is 1.66. The Hall–Kier alpha value is -2.89. The Bertz CT molecular complexity index is 651. The van der Waals surface area contributed by atoms with Crippen LogP contribution in [0.4, 0.5) is 11.4 Å². The summed E-state index contributed by atoms with van der Waals surface area (Å²) in [5.74, 6) is 0.569. The Kier molecular flexibility index (Phi) is 4.18. The lowest BCUT2D eigenvalue weighted by atomic mass is 10.2. The fourth-order valence-corrected chi connectivity index (χ4v) is 1.70. The van der Waals surface area contributed by atoms with Gasteiger partial charge in [-0.05, 0) is 31.2 Å². The van der Waals surface area contributed by atoms with Crippen molar-refractivity contribution in [3.05, 3.63) is 64.2 Å². The molecule has 0 aliphatic carbocycles. The number of nitrogens with one attached hydrogen (secondary N) is 1. The monoisotopic (exact) mass is 285 g/mol. The second-order valence-corrected chi connectivity index (χ2v) is 4.55. The summed E-state index contributed by atoms with van der Waals surface area (Å²) in [4.78, 5) is 11.7. The maximum atomic E-state index is 10.6. The van der Waals surface area contributed by atoms with E-state index in [0.717, 1.165) is 5.56 Å². The molecule has 0 aromatic heterocycles. The number of benzene rings is 2. The molecule has 0 radical (unpaired) electrons. The van der Waals surface area contributed by atoms with Crippen LogP contribution in [0.25, 0.3) is 0 Å². The van der Waals surface area contributed by atoms with E-state index >= 15 is 0 Å². The van der Waals surface area contributed by atoms with Gasteiger partial charge in [-0.1, -0.05) is 17.7 Å². The molecule has 108 valence electrons. The van der Waals surface area contributed by atoms with Crippen molar-refractivity contribution in [2.45, 2.75) is 6.92 Å². The molecule has 6 heteroatoms. The van der Waals surface area contributed by atoms with Crippen molar-refractivity contribution in [3.63, 3.8) is 0 Å². The smallest absolute Gasteiger partial charge is 0.294 e. The topological polar surface area (TPSA) is 79.5 Å². The standard InChI is InChI=1S/C15H15N3O3/c1-11-3-9-14(10-4-11)21-15(16)17(2)12-5-7-13(8-6-12)18(19)20/h3-10,16H,1-2H3. The van der Waals surface area contributed by atoms with Crippen LogP contribution in [0.1, 0.15) is 5.56 Å². The number of ether oxygens (including phenoxy) is 1. The summed E-state index contributed by atoms with van der Waals surface area (Å²) in [5, 5.41) is 18.5. The van der Waals surface area contributed by atoms with Gasteiger partial charge in [-0.2, -0.15) is 0 Å². The molecule has 0 fully saturated rings. The van der Waals surface area contributed by atoms with E-state index in [-0.39, 0.29) is 11.7 Å². The molecule has 1 N–H and O–H groups in total. The number of aryl methyl sites for hydroxylation is 1. The van der Waals surface area contributed by atoms with Gasteiger partial charge in [-0.25, -0.2) is 0 Å². The summed E-state index contributed by atoms with van der Waals surface area (Å²) < 4.78 is 5.44. The Morgan fingerprint density at radius 3 is 2.24 bits per heavy atom. The van der Waals surface area contributed by atoms with Crippen LogP contribution in [0.3, 0.4) is 0 Å². The van der Waals surface area contributed by atoms with Crippen molar-refractivity contribution in [2.24, 2.45) is 0 Å². The van der Waals surface area contributed by atoms with Crippen LogP contribution >= 0.6 is 0 Å². The lowest BCUT2D eigenvalue weighted by Gasteiger charge is -2.19. The van der Waals surface area contributed by atoms with E-state index in [4.69, 9.17) is 10.1 Å². The second kappa shape index (κ2) is 6.04. The molecular formula is C15H15N3O3. The van der Waals surface area contributed by atoms with E-state index in [2.05, 4.69) is 0 Å². The van der Waals surface area contributed by atoms with Gasteiger partial charge in [0.05, 0.1) is 4.92 Å². The van der Waals surface area contributed by atoms with Gasteiger partial charge in [-0.3, -0.25) is 20.4 Å². The Morgan fingerprint density at radius 2 is 1.71 bits per heavy atom. The number of rotatable bonds is 3. The lowest BCUT2D eigenvalue weighted by Crippen LogP contribution is -2.30. The highest BCUT2D eigenvalue weighted by molar-refractivity contribution is 5.90. The normalized spacial score (nSPS) is 10.0. The predicted molar refractivity (Wildman–Crippen MR) is 81.0 cm³/mol. The largest absolute Gasteiger partial charge is 0.426 e. The molecule has 2 aromatic carbocycles. The van der Waals surface area contributed by atoms with Crippen molar-refractivity contribution in [3.8, 4) is 5.75 Å². The van der Waals surface area contributed by atoms with E-state index in [0.29, 0.717) is 11.4 Å². The Morgan fingerprint density at radius 1 is 1.14 bits per heavy atom. The minimum Gasteiger partial charge on any atom is -0.426 e. The quantitative estimate of drug-likeness (QED) is 0.406. The number of amidine groups is 1. The number of nitrogens with zero attached hydrogens (tertiary/aromatic N) is 2. The van der Waals surface area contributed by atoms with E-state index in [9.17, 15) is 10.1 Å². The van der Waals surface area contributed by atoms with Crippen LogP contribution < -0.4 is 9.64 Å². The Labute approximate surface area is 122 Å². The minimum absolute atomic E-state index is 0.0122. The first-order chi connectivity index (χ1) is 9.97. The van der Waals surface area contributed by atoms with Crippen LogP contribution in [0.5, 0.6) is 5.75 Å². The van der Waals surface area contributed by atoms with Crippen LogP contribution in [0, 0.1) is 22.4 Å². The highest BCUT2D eigenvalue weighted by Gasteiger charge is 2.11. The van der Waals surface area contributed by atoms with Crippen LogP contribution in [-0.4, -0.2) is 18.0 Å². The highest BCUT2D eigenvalue weighted by atomic mass is 16.6. The second-order valence-electron chi connectivity index (χ2n) is 4.55. The van der Waals surface area contributed by atoms with Gasteiger partial charge >= 0.3 is 0 Å². The molecule has 0 amide bonds. The van der Waals surface area contributed by atoms with Crippen molar-refractivity contribution in [1.29, 1.82) is 5.41 Å². The van der Waals surface area contributed by atoms with E-state index in [1.165, 1.54) is 17.0 Å². The third-order valence-corrected chi connectivity index (χ3v) is 2.99. The number of nitro groups is 1. The SMILES string of the molecule is Cc1ccc(OC(=N)N(C)c2ccc([N+](=O)[O-])cc2)cc1. The van der Waals surface area contributed by atoms with Crippen molar-refractivity contribution >= 4 is 17.4 Å². The summed E-state index contributed by atoms with van der Waals surface area (Å²) in [5.41, 5.74) is 1.76. The average Bonchev–Trinajstić information content (AvgIpc) is 2.49. The minimum atomic E-state index is -0.460. The maximum absolute atomic E-state index is 10.6. The number of hydrogen-bond donors (Lipinski definition) is 1. The third-order valence-electron chi connectivity index (χ3n) is 2.99. The fraction of sp³-hybridized carbons (Fsp3) is 0.133. The first-order valence-electron chi connectivity index (χ1n) is 6.28. The Balaban J connectivity index is 2.08. The molecule has 0 aliphatic rings. The van der Waals surface area contributed by atoms with Gasteiger partial charge in [0.2, 0.25) is 0 Å². The van der Waals surface area contributed by atoms with Gasteiger partial charge < -0.3 is 4.74 Å². The highest BCUT2D eigenvalue weighted by Crippen LogP contribution is 2.19. The first-order valence-corrected chi connectivity index (χ1v) is 6.28.